The molecule has 3 nitrogen and oxygen atoms in total. The van der Waals surface area contributed by atoms with Crippen molar-refractivity contribution in [3.8, 4) is 11.5 Å². The van der Waals surface area contributed by atoms with Crippen LogP contribution in [0.25, 0.3) is 0 Å². The average molecular weight is 287 g/mol. The normalized spacial score (nSPS) is 27.9. The van der Waals surface area contributed by atoms with Crippen molar-refractivity contribution in [3.05, 3.63) is 22.8 Å². The highest BCUT2D eigenvalue weighted by atomic mass is 16.5. The van der Waals surface area contributed by atoms with Crippen LogP contribution in [0.5, 0.6) is 11.5 Å². The summed E-state index contributed by atoms with van der Waals surface area (Å²) in [5.74, 6) is 3.11. The second kappa shape index (κ2) is 5.20. The predicted octanol–water partition coefficient (Wildman–Crippen LogP) is 2.88. The molecule has 114 valence electrons. The van der Waals surface area contributed by atoms with Crippen LogP contribution in [0.3, 0.4) is 0 Å². The molecule has 0 bridgehead atoms. The molecular weight excluding hydrogens is 262 g/mol. The van der Waals surface area contributed by atoms with Gasteiger partial charge in [-0.2, -0.15) is 0 Å². The standard InChI is InChI=1S/C18H25NO2/c1-11-7-14-10-17-15(8-12(2)20-17)16(18(14)21-11)9-13-3-5-19-6-4-13/h10-13,19H,3-9H2,1-2H3. The van der Waals surface area contributed by atoms with Crippen molar-refractivity contribution in [2.24, 2.45) is 5.92 Å². The third-order valence-electron chi connectivity index (χ3n) is 5.13. The van der Waals surface area contributed by atoms with E-state index in [1.54, 1.807) is 0 Å². The Morgan fingerprint density at radius 2 is 1.86 bits per heavy atom. The molecule has 0 saturated carbocycles. The summed E-state index contributed by atoms with van der Waals surface area (Å²) >= 11 is 0. The van der Waals surface area contributed by atoms with Gasteiger partial charge in [-0.05, 0) is 58.2 Å². The van der Waals surface area contributed by atoms with Gasteiger partial charge in [-0.3, -0.25) is 0 Å². The monoisotopic (exact) mass is 287 g/mol. The molecular formula is C18H25NO2. The summed E-state index contributed by atoms with van der Waals surface area (Å²) in [5, 5.41) is 3.46. The molecule has 0 spiro atoms. The Morgan fingerprint density at radius 3 is 2.67 bits per heavy atom. The summed E-state index contributed by atoms with van der Waals surface area (Å²) in [4.78, 5) is 0. The number of piperidine rings is 1. The molecule has 1 aromatic carbocycles. The number of benzene rings is 1. The average Bonchev–Trinajstić information content (AvgIpc) is 3.01. The Balaban J connectivity index is 1.70. The number of hydrogen-bond donors (Lipinski definition) is 1. The van der Waals surface area contributed by atoms with E-state index in [0.29, 0.717) is 12.2 Å². The van der Waals surface area contributed by atoms with Crippen molar-refractivity contribution >= 4 is 0 Å². The Labute approximate surface area is 127 Å². The lowest BCUT2D eigenvalue weighted by Gasteiger charge is -2.24. The number of nitrogens with one attached hydrogen (secondary N) is 1. The molecule has 0 aromatic heterocycles. The van der Waals surface area contributed by atoms with E-state index in [-0.39, 0.29) is 0 Å². The van der Waals surface area contributed by atoms with Gasteiger partial charge in [0, 0.05) is 29.5 Å². The number of rotatable bonds is 2. The van der Waals surface area contributed by atoms with E-state index in [1.165, 1.54) is 35.3 Å². The fourth-order valence-corrected chi connectivity index (χ4v) is 4.11. The van der Waals surface area contributed by atoms with E-state index >= 15 is 0 Å². The molecule has 0 radical (unpaired) electrons. The van der Waals surface area contributed by atoms with Gasteiger partial charge in [0.1, 0.15) is 23.7 Å². The first-order chi connectivity index (χ1) is 10.2. The zero-order valence-electron chi connectivity index (χ0n) is 13.1. The summed E-state index contributed by atoms with van der Waals surface area (Å²) in [5.41, 5.74) is 4.25. The molecule has 3 heterocycles. The van der Waals surface area contributed by atoms with Crippen molar-refractivity contribution in [2.45, 2.75) is 58.2 Å². The first-order valence-electron chi connectivity index (χ1n) is 8.42. The van der Waals surface area contributed by atoms with Crippen molar-refractivity contribution in [1.82, 2.24) is 5.32 Å². The zero-order valence-corrected chi connectivity index (χ0v) is 13.1. The molecule has 0 amide bonds. The third-order valence-corrected chi connectivity index (χ3v) is 5.13. The van der Waals surface area contributed by atoms with Crippen LogP contribution in [0.15, 0.2) is 6.07 Å². The molecule has 2 atom stereocenters. The third kappa shape index (κ3) is 2.42. The maximum absolute atomic E-state index is 6.17. The second-order valence-electron chi connectivity index (χ2n) is 6.98. The molecule has 1 saturated heterocycles. The van der Waals surface area contributed by atoms with Gasteiger partial charge in [0.25, 0.3) is 0 Å². The lowest BCUT2D eigenvalue weighted by molar-refractivity contribution is 0.250. The van der Waals surface area contributed by atoms with E-state index in [1.807, 2.05) is 0 Å². The van der Waals surface area contributed by atoms with Crippen LogP contribution in [-0.4, -0.2) is 25.3 Å². The Bertz CT molecular complexity index is 512. The van der Waals surface area contributed by atoms with E-state index in [2.05, 4.69) is 25.2 Å². The largest absolute Gasteiger partial charge is 0.490 e. The van der Waals surface area contributed by atoms with Gasteiger partial charge < -0.3 is 14.8 Å². The van der Waals surface area contributed by atoms with Gasteiger partial charge >= 0.3 is 0 Å². The fraction of sp³-hybridized carbons (Fsp3) is 0.667. The second-order valence-corrected chi connectivity index (χ2v) is 6.98. The van der Waals surface area contributed by atoms with Crippen LogP contribution in [-0.2, 0) is 19.3 Å². The summed E-state index contributed by atoms with van der Waals surface area (Å²) in [6.45, 7) is 6.66. The molecule has 3 aliphatic rings. The summed E-state index contributed by atoms with van der Waals surface area (Å²) < 4.78 is 12.2. The van der Waals surface area contributed by atoms with Gasteiger partial charge in [0.2, 0.25) is 0 Å². The van der Waals surface area contributed by atoms with Crippen LogP contribution in [0.1, 0.15) is 43.4 Å². The number of ether oxygens (including phenoxy) is 2. The van der Waals surface area contributed by atoms with Gasteiger partial charge in [-0.25, -0.2) is 0 Å². The van der Waals surface area contributed by atoms with Crippen molar-refractivity contribution in [3.63, 3.8) is 0 Å². The SMILES string of the molecule is CC1Cc2c(cc3c(c2CC2CCNCC2)OC(C)C3)O1. The minimum atomic E-state index is 0.312. The quantitative estimate of drug-likeness (QED) is 0.907. The molecule has 2 unspecified atom stereocenters. The molecule has 1 aromatic rings. The van der Waals surface area contributed by atoms with E-state index in [0.717, 1.165) is 44.0 Å². The molecule has 1 fully saturated rings. The summed E-state index contributed by atoms with van der Waals surface area (Å²) in [6.07, 6.45) is 6.42. The first kappa shape index (κ1) is 13.4. The van der Waals surface area contributed by atoms with Gasteiger partial charge in [-0.1, -0.05) is 0 Å². The van der Waals surface area contributed by atoms with Crippen molar-refractivity contribution in [1.29, 1.82) is 0 Å². The Kier molecular flexibility index (Phi) is 3.33. The summed E-state index contributed by atoms with van der Waals surface area (Å²) in [7, 11) is 0. The number of fused-ring (bicyclic) bond motifs is 2. The molecule has 1 N–H and O–H groups in total. The van der Waals surface area contributed by atoms with E-state index < -0.39 is 0 Å². The van der Waals surface area contributed by atoms with Crippen LogP contribution >= 0.6 is 0 Å². The van der Waals surface area contributed by atoms with Crippen LogP contribution in [0.2, 0.25) is 0 Å². The lowest BCUT2D eigenvalue weighted by atomic mass is 9.86. The summed E-state index contributed by atoms with van der Waals surface area (Å²) in [6, 6.07) is 2.24. The van der Waals surface area contributed by atoms with Crippen LogP contribution in [0.4, 0.5) is 0 Å². The maximum Gasteiger partial charge on any atom is 0.126 e. The highest BCUT2D eigenvalue weighted by Crippen LogP contribution is 2.44. The van der Waals surface area contributed by atoms with Gasteiger partial charge in [-0.15, -0.1) is 0 Å². The maximum atomic E-state index is 6.17. The smallest absolute Gasteiger partial charge is 0.126 e. The Morgan fingerprint density at radius 1 is 1.10 bits per heavy atom. The molecule has 3 aliphatic heterocycles. The molecule has 21 heavy (non-hydrogen) atoms. The van der Waals surface area contributed by atoms with Crippen LogP contribution in [0, 0.1) is 5.92 Å². The molecule has 4 rings (SSSR count). The minimum Gasteiger partial charge on any atom is -0.490 e. The van der Waals surface area contributed by atoms with Crippen LogP contribution < -0.4 is 14.8 Å². The lowest BCUT2D eigenvalue weighted by Crippen LogP contribution is -2.29. The zero-order chi connectivity index (χ0) is 14.4. The van der Waals surface area contributed by atoms with Crippen molar-refractivity contribution in [2.75, 3.05) is 13.1 Å². The fourth-order valence-electron chi connectivity index (χ4n) is 4.11. The minimum absolute atomic E-state index is 0.312. The van der Waals surface area contributed by atoms with Crippen molar-refractivity contribution < 1.29 is 9.47 Å². The first-order valence-corrected chi connectivity index (χ1v) is 8.42. The van der Waals surface area contributed by atoms with E-state index in [9.17, 15) is 0 Å². The Hall–Kier alpha value is -1.22. The van der Waals surface area contributed by atoms with Gasteiger partial charge in [0.05, 0.1) is 0 Å². The number of hydrogen-bond acceptors (Lipinski definition) is 3. The molecule has 0 aliphatic carbocycles. The highest BCUT2D eigenvalue weighted by molar-refractivity contribution is 5.57. The van der Waals surface area contributed by atoms with Gasteiger partial charge in [0.15, 0.2) is 0 Å². The topological polar surface area (TPSA) is 30.5 Å². The molecule has 3 heteroatoms. The van der Waals surface area contributed by atoms with E-state index in [4.69, 9.17) is 9.47 Å². The predicted molar refractivity (Wildman–Crippen MR) is 83.3 cm³/mol. The highest BCUT2D eigenvalue weighted by Gasteiger charge is 2.32.